The van der Waals surface area contributed by atoms with Gasteiger partial charge in [0.1, 0.15) is 18.1 Å². The monoisotopic (exact) mass is 510 g/mol. The van der Waals surface area contributed by atoms with Crippen LogP contribution in [0.5, 0.6) is 0 Å². The molecule has 14 heteroatoms. The van der Waals surface area contributed by atoms with E-state index in [-0.39, 0.29) is 18.7 Å². The van der Waals surface area contributed by atoms with E-state index >= 15 is 0 Å². The van der Waals surface area contributed by atoms with Crippen molar-refractivity contribution in [1.82, 2.24) is 31.2 Å². The molecule has 1 rings (SSSR count). The number of carbonyl (C=O) groups is 5. The minimum atomic E-state index is -1.20. The Morgan fingerprint density at radius 3 is 2.08 bits per heavy atom. The number of amides is 4. The van der Waals surface area contributed by atoms with Crippen LogP contribution in [0.25, 0.3) is 0 Å². The molecule has 0 saturated carbocycles. The number of nitrogens with two attached hydrogens (primary N) is 2. The third kappa shape index (κ3) is 12.3. The lowest BCUT2D eigenvalue weighted by atomic mass is 10.1. The summed E-state index contributed by atoms with van der Waals surface area (Å²) in [6, 6.07) is -3.09. The Bertz CT molecular complexity index is 848. The highest BCUT2D eigenvalue weighted by molar-refractivity contribution is 5.93. The van der Waals surface area contributed by atoms with Gasteiger partial charge in [-0.25, -0.2) is 9.78 Å². The molecule has 0 bridgehead atoms. The molecule has 1 aromatic rings. The number of carboxylic acids is 1. The lowest BCUT2D eigenvalue weighted by Gasteiger charge is -2.22. The molecule has 4 amide bonds. The number of hydrogen-bond donors (Lipinski definition) is 8. The van der Waals surface area contributed by atoms with Gasteiger partial charge in [0.15, 0.2) is 0 Å². The molecule has 0 unspecified atom stereocenters. The van der Waals surface area contributed by atoms with E-state index in [1.54, 1.807) is 0 Å². The summed E-state index contributed by atoms with van der Waals surface area (Å²) in [4.78, 5) is 67.6. The summed E-state index contributed by atoms with van der Waals surface area (Å²) in [5.41, 5.74) is 11.5. The van der Waals surface area contributed by atoms with Crippen LogP contribution in [-0.4, -0.2) is 82.4 Å². The van der Waals surface area contributed by atoms with Crippen LogP contribution in [0.3, 0.4) is 0 Å². The van der Waals surface area contributed by atoms with Crippen molar-refractivity contribution in [2.45, 2.75) is 70.0 Å². The van der Waals surface area contributed by atoms with Crippen molar-refractivity contribution in [1.29, 1.82) is 0 Å². The number of H-pyrrole nitrogens is 1. The fourth-order valence-electron chi connectivity index (χ4n) is 3.39. The van der Waals surface area contributed by atoms with Crippen LogP contribution >= 0.6 is 0 Å². The van der Waals surface area contributed by atoms with E-state index in [1.807, 2.05) is 0 Å². The molecular formula is C22H38N8O6. The maximum atomic E-state index is 12.9. The summed E-state index contributed by atoms with van der Waals surface area (Å²) < 4.78 is 0. The Morgan fingerprint density at radius 2 is 1.56 bits per heavy atom. The summed E-state index contributed by atoms with van der Waals surface area (Å²) >= 11 is 0. The average molecular weight is 511 g/mol. The first-order chi connectivity index (χ1) is 17.2. The molecule has 1 aromatic heterocycles. The van der Waals surface area contributed by atoms with E-state index in [0.29, 0.717) is 50.9 Å². The van der Waals surface area contributed by atoms with Gasteiger partial charge in [-0.3, -0.25) is 19.2 Å². The summed E-state index contributed by atoms with van der Waals surface area (Å²) in [5, 5.41) is 19.4. The smallest absolute Gasteiger partial charge is 0.326 e. The number of nitrogens with zero attached hydrogens (tertiary/aromatic N) is 1. The van der Waals surface area contributed by atoms with Gasteiger partial charge in [0, 0.05) is 25.2 Å². The van der Waals surface area contributed by atoms with Crippen molar-refractivity contribution in [2.75, 3.05) is 19.6 Å². The Kier molecular flexibility index (Phi) is 14.4. The topological polar surface area (TPSA) is 234 Å². The van der Waals surface area contributed by atoms with Crippen LogP contribution < -0.4 is 32.7 Å². The molecule has 36 heavy (non-hydrogen) atoms. The van der Waals surface area contributed by atoms with Crippen LogP contribution in [0.2, 0.25) is 0 Å². The Labute approximate surface area is 209 Å². The summed E-state index contributed by atoms with van der Waals surface area (Å²) in [7, 11) is 0. The zero-order chi connectivity index (χ0) is 26.9. The Balaban J connectivity index is 2.78. The molecule has 0 fully saturated rings. The Hall–Kier alpha value is -3.52. The van der Waals surface area contributed by atoms with Crippen molar-refractivity contribution >= 4 is 29.6 Å². The summed E-state index contributed by atoms with van der Waals surface area (Å²) in [6.07, 6.45) is 5.87. The lowest BCUT2D eigenvalue weighted by Crippen LogP contribution is -2.54. The number of hydrogen-bond acceptors (Lipinski definition) is 8. The van der Waals surface area contributed by atoms with Gasteiger partial charge in [0.05, 0.1) is 12.9 Å². The first-order valence-electron chi connectivity index (χ1n) is 11.9. The molecule has 0 spiro atoms. The first kappa shape index (κ1) is 30.5. The number of aliphatic carboxylic acids is 1. The molecule has 0 aromatic carbocycles. The van der Waals surface area contributed by atoms with Gasteiger partial charge in [-0.2, -0.15) is 0 Å². The molecule has 10 N–H and O–H groups in total. The fraction of sp³-hybridized carbons (Fsp3) is 0.636. The van der Waals surface area contributed by atoms with E-state index in [4.69, 9.17) is 11.5 Å². The maximum Gasteiger partial charge on any atom is 0.326 e. The van der Waals surface area contributed by atoms with Gasteiger partial charge in [-0.1, -0.05) is 0 Å². The van der Waals surface area contributed by atoms with Crippen molar-refractivity contribution < 1.29 is 29.1 Å². The molecular weight excluding hydrogens is 472 g/mol. The highest BCUT2D eigenvalue weighted by Crippen LogP contribution is 2.05. The van der Waals surface area contributed by atoms with E-state index < -0.39 is 48.4 Å². The number of unbranched alkanes of at least 4 members (excludes halogenated alkanes) is 2. The highest BCUT2D eigenvalue weighted by Gasteiger charge is 2.27. The van der Waals surface area contributed by atoms with E-state index in [1.165, 1.54) is 19.4 Å². The number of aromatic nitrogens is 2. The van der Waals surface area contributed by atoms with Crippen LogP contribution in [-0.2, 0) is 30.4 Å². The molecule has 3 atom stereocenters. The second-order valence-corrected chi connectivity index (χ2v) is 8.34. The standard InChI is InChI=1S/C22H38N8O6/c1-14(31)28-16(6-2-4-8-23)20(33)26-12-19(32)29-18(10-15-11-25-13-27-15)21(34)30-17(22(35)36)7-3-5-9-24/h11,13,16-18H,2-10,12,23-24H2,1H3,(H,25,27)(H,26,33)(H,28,31)(H,29,32)(H,30,34)(H,35,36)/t16-,17-,18-/m0/s1. The minimum absolute atomic E-state index is 0.0221. The number of imidazole rings is 1. The molecule has 0 saturated heterocycles. The molecule has 1 heterocycles. The number of nitrogens with one attached hydrogen (secondary N) is 5. The molecule has 202 valence electrons. The van der Waals surface area contributed by atoms with Gasteiger partial charge in [-0.05, 0) is 51.6 Å². The third-order valence-corrected chi connectivity index (χ3v) is 5.26. The van der Waals surface area contributed by atoms with Gasteiger partial charge < -0.3 is 42.8 Å². The van der Waals surface area contributed by atoms with Crippen molar-refractivity contribution in [3.63, 3.8) is 0 Å². The van der Waals surface area contributed by atoms with Crippen LogP contribution in [0.4, 0.5) is 0 Å². The predicted octanol–water partition coefficient (Wildman–Crippen LogP) is -2.11. The first-order valence-corrected chi connectivity index (χ1v) is 11.9. The van der Waals surface area contributed by atoms with Gasteiger partial charge in [0.2, 0.25) is 23.6 Å². The van der Waals surface area contributed by atoms with Gasteiger partial charge in [-0.15, -0.1) is 0 Å². The highest BCUT2D eigenvalue weighted by atomic mass is 16.4. The molecule has 14 nitrogen and oxygen atoms in total. The normalized spacial score (nSPS) is 13.2. The van der Waals surface area contributed by atoms with E-state index in [2.05, 4.69) is 31.2 Å². The van der Waals surface area contributed by atoms with E-state index in [0.717, 1.165) is 0 Å². The van der Waals surface area contributed by atoms with Crippen LogP contribution in [0.1, 0.15) is 51.1 Å². The van der Waals surface area contributed by atoms with E-state index in [9.17, 15) is 29.1 Å². The number of carbonyl (C=O) groups excluding carboxylic acids is 4. The zero-order valence-corrected chi connectivity index (χ0v) is 20.5. The second-order valence-electron chi connectivity index (χ2n) is 8.34. The fourth-order valence-corrected chi connectivity index (χ4v) is 3.39. The van der Waals surface area contributed by atoms with Crippen LogP contribution in [0.15, 0.2) is 12.5 Å². The lowest BCUT2D eigenvalue weighted by molar-refractivity contribution is -0.142. The number of rotatable bonds is 18. The molecule has 0 radical (unpaired) electrons. The summed E-state index contributed by atoms with van der Waals surface area (Å²) in [6.45, 7) is 1.69. The SMILES string of the molecule is CC(=O)N[C@@H](CCCCN)C(=O)NCC(=O)N[C@@H](Cc1cnc[nH]1)C(=O)N[C@@H](CCCCN)C(=O)O. The molecule has 0 aliphatic rings. The molecule has 0 aliphatic heterocycles. The molecule has 0 aliphatic carbocycles. The summed E-state index contributed by atoms with van der Waals surface area (Å²) in [5.74, 6) is -3.48. The quantitative estimate of drug-likeness (QED) is 0.101. The van der Waals surface area contributed by atoms with Gasteiger partial charge >= 0.3 is 5.97 Å². The van der Waals surface area contributed by atoms with Gasteiger partial charge in [0.25, 0.3) is 0 Å². The van der Waals surface area contributed by atoms with Crippen molar-refractivity contribution in [3.05, 3.63) is 18.2 Å². The maximum absolute atomic E-state index is 12.9. The Morgan fingerprint density at radius 1 is 0.917 bits per heavy atom. The number of carboxylic acid groups (broad SMARTS) is 1. The third-order valence-electron chi connectivity index (χ3n) is 5.26. The zero-order valence-electron chi connectivity index (χ0n) is 20.5. The van der Waals surface area contributed by atoms with Crippen molar-refractivity contribution in [2.24, 2.45) is 11.5 Å². The average Bonchev–Trinajstić information content (AvgIpc) is 3.33. The predicted molar refractivity (Wildman–Crippen MR) is 130 cm³/mol. The minimum Gasteiger partial charge on any atom is -0.480 e. The van der Waals surface area contributed by atoms with Crippen LogP contribution in [0, 0.1) is 0 Å². The number of aromatic amines is 1. The van der Waals surface area contributed by atoms with Crippen molar-refractivity contribution in [3.8, 4) is 0 Å². The largest absolute Gasteiger partial charge is 0.480 e. The second kappa shape index (κ2) is 17.0.